The third-order valence-corrected chi connectivity index (χ3v) is 2.75. The van der Waals surface area contributed by atoms with E-state index in [9.17, 15) is 14.4 Å². The number of carbonyl (C=O) groups excluding carboxylic acids is 2. The van der Waals surface area contributed by atoms with Crippen molar-refractivity contribution in [2.45, 2.75) is 25.7 Å². The van der Waals surface area contributed by atoms with Crippen LogP contribution in [0.2, 0.25) is 0 Å². The van der Waals surface area contributed by atoms with Crippen LogP contribution < -0.4 is 0 Å². The highest BCUT2D eigenvalue weighted by Gasteiger charge is 2.44. The normalized spacial score (nSPS) is 27.2. The predicted octanol–water partition coefficient (Wildman–Crippen LogP) is 1.13. The van der Waals surface area contributed by atoms with Crippen LogP contribution in [0.4, 0.5) is 0 Å². The van der Waals surface area contributed by atoms with E-state index in [1.54, 1.807) is 0 Å². The summed E-state index contributed by atoms with van der Waals surface area (Å²) in [5.41, 5.74) is 0. The van der Waals surface area contributed by atoms with Gasteiger partial charge in [0.25, 0.3) is 0 Å². The number of esters is 2. The van der Waals surface area contributed by atoms with Gasteiger partial charge in [0.1, 0.15) is 0 Å². The Balaban J connectivity index is 0.000000221. The Kier molecular flexibility index (Phi) is 4.22. The molecule has 2 fully saturated rings. The molecule has 0 radical (unpaired) electrons. The Morgan fingerprint density at radius 3 is 1.94 bits per heavy atom. The Labute approximate surface area is 93.1 Å². The van der Waals surface area contributed by atoms with Crippen LogP contribution in [0.1, 0.15) is 25.7 Å². The number of cyclic esters (lactones) is 2. The molecule has 2 atom stereocenters. The highest BCUT2D eigenvalue weighted by atomic mass is 16.6. The van der Waals surface area contributed by atoms with Crippen molar-refractivity contribution in [3.63, 3.8) is 0 Å². The van der Waals surface area contributed by atoms with Crippen LogP contribution in [0, 0.1) is 11.8 Å². The van der Waals surface area contributed by atoms with Gasteiger partial charge in [0, 0.05) is 6.08 Å². The van der Waals surface area contributed by atoms with E-state index < -0.39 is 5.97 Å². The molecule has 1 aliphatic carbocycles. The summed E-state index contributed by atoms with van der Waals surface area (Å²) in [7, 11) is 0. The molecule has 0 aromatic heterocycles. The Hall–Kier alpha value is -1.65. The van der Waals surface area contributed by atoms with Gasteiger partial charge in [-0.1, -0.05) is 19.4 Å². The molecule has 2 unspecified atom stereocenters. The van der Waals surface area contributed by atoms with Crippen molar-refractivity contribution in [2.24, 2.45) is 11.8 Å². The molecule has 0 amide bonds. The fourth-order valence-electron chi connectivity index (χ4n) is 1.95. The molecular formula is C11H14O5. The van der Waals surface area contributed by atoms with E-state index in [4.69, 9.17) is 5.11 Å². The molecule has 2 aliphatic rings. The van der Waals surface area contributed by atoms with Crippen molar-refractivity contribution in [3.05, 3.63) is 12.7 Å². The molecule has 1 saturated heterocycles. The molecule has 2 rings (SSSR count). The quantitative estimate of drug-likeness (QED) is 0.412. The van der Waals surface area contributed by atoms with Crippen molar-refractivity contribution in [3.8, 4) is 0 Å². The van der Waals surface area contributed by atoms with Gasteiger partial charge in [-0.25, -0.2) is 4.79 Å². The Morgan fingerprint density at radius 1 is 1.25 bits per heavy atom. The van der Waals surface area contributed by atoms with E-state index in [-0.39, 0.29) is 23.8 Å². The molecule has 0 spiro atoms. The summed E-state index contributed by atoms with van der Waals surface area (Å²) in [4.78, 5) is 31.2. The molecule has 1 aliphatic heterocycles. The first-order valence-corrected chi connectivity index (χ1v) is 5.17. The van der Waals surface area contributed by atoms with Crippen LogP contribution in [0.5, 0.6) is 0 Å². The van der Waals surface area contributed by atoms with E-state index in [0.717, 1.165) is 31.8 Å². The average Bonchev–Trinajstić information content (AvgIpc) is 2.56. The number of hydrogen-bond donors (Lipinski definition) is 1. The van der Waals surface area contributed by atoms with Crippen molar-refractivity contribution in [2.75, 3.05) is 0 Å². The van der Waals surface area contributed by atoms with E-state index >= 15 is 0 Å². The summed E-state index contributed by atoms with van der Waals surface area (Å²) in [5, 5.41) is 7.60. The molecule has 0 aromatic rings. The monoisotopic (exact) mass is 226 g/mol. The van der Waals surface area contributed by atoms with Gasteiger partial charge in [0.15, 0.2) is 0 Å². The zero-order chi connectivity index (χ0) is 12.1. The number of carbonyl (C=O) groups is 3. The molecule has 0 bridgehead atoms. The van der Waals surface area contributed by atoms with Crippen LogP contribution in [0.25, 0.3) is 0 Å². The van der Waals surface area contributed by atoms with Crippen LogP contribution in [-0.4, -0.2) is 23.0 Å². The number of ether oxygens (including phenoxy) is 1. The minimum Gasteiger partial charge on any atom is -0.478 e. The van der Waals surface area contributed by atoms with Crippen LogP contribution >= 0.6 is 0 Å². The minimum absolute atomic E-state index is 0.101. The molecule has 16 heavy (non-hydrogen) atoms. The lowest BCUT2D eigenvalue weighted by atomic mass is 9.81. The summed E-state index contributed by atoms with van der Waals surface area (Å²) in [6.45, 7) is 2.96. The second-order valence-electron chi connectivity index (χ2n) is 3.78. The van der Waals surface area contributed by atoms with Crippen molar-refractivity contribution >= 4 is 17.9 Å². The third kappa shape index (κ3) is 2.92. The van der Waals surface area contributed by atoms with Crippen molar-refractivity contribution in [1.82, 2.24) is 0 Å². The second-order valence-corrected chi connectivity index (χ2v) is 3.78. The fraction of sp³-hybridized carbons (Fsp3) is 0.545. The first kappa shape index (κ1) is 12.4. The lowest BCUT2D eigenvalue weighted by Crippen LogP contribution is -2.21. The van der Waals surface area contributed by atoms with E-state index in [1.165, 1.54) is 0 Å². The topological polar surface area (TPSA) is 80.7 Å². The molecule has 5 heteroatoms. The lowest BCUT2D eigenvalue weighted by molar-refractivity contribution is -0.153. The van der Waals surface area contributed by atoms with Crippen molar-refractivity contribution in [1.29, 1.82) is 0 Å². The van der Waals surface area contributed by atoms with Gasteiger partial charge in [-0.3, -0.25) is 9.59 Å². The number of rotatable bonds is 1. The third-order valence-electron chi connectivity index (χ3n) is 2.75. The van der Waals surface area contributed by atoms with Gasteiger partial charge >= 0.3 is 17.9 Å². The Bertz CT molecular complexity index is 298. The van der Waals surface area contributed by atoms with Crippen molar-refractivity contribution < 1.29 is 24.2 Å². The summed E-state index contributed by atoms with van der Waals surface area (Å²) in [5.74, 6) is -1.77. The molecule has 0 aromatic carbocycles. The highest BCUT2D eigenvalue weighted by molar-refractivity contribution is 5.96. The maximum Gasteiger partial charge on any atom is 0.327 e. The van der Waals surface area contributed by atoms with Crippen LogP contribution in [-0.2, 0) is 19.1 Å². The lowest BCUT2D eigenvalue weighted by Gasteiger charge is -2.18. The molecular weight excluding hydrogens is 212 g/mol. The number of hydrogen-bond acceptors (Lipinski definition) is 4. The van der Waals surface area contributed by atoms with E-state index in [2.05, 4.69) is 11.3 Å². The molecule has 5 nitrogen and oxygen atoms in total. The predicted molar refractivity (Wildman–Crippen MR) is 54.4 cm³/mol. The molecule has 1 saturated carbocycles. The largest absolute Gasteiger partial charge is 0.478 e. The van der Waals surface area contributed by atoms with Gasteiger partial charge < -0.3 is 9.84 Å². The number of carboxylic acids is 1. The van der Waals surface area contributed by atoms with Crippen LogP contribution in [0.15, 0.2) is 12.7 Å². The van der Waals surface area contributed by atoms with Crippen LogP contribution in [0.3, 0.4) is 0 Å². The summed E-state index contributed by atoms with van der Waals surface area (Å²) in [6, 6.07) is 0. The van der Waals surface area contributed by atoms with Gasteiger partial charge in [-0.2, -0.15) is 0 Å². The summed E-state index contributed by atoms with van der Waals surface area (Å²) < 4.78 is 4.53. The maximum atomic E-state index is 11.0. The molecule has 88 valence electrons. The first-order chi connectivity index (χ1) is 7.56. The number of fused-ring (bicyclic) bond motifs is 1. The summed E-state index contributed by atoms with van der Waals surface area (Å²) in [6.07, 6.45) is 4.64. The zero-order valence-electron chi connectivity index (χ0n) is 8.85. The highest BCUT2D eigenvalue weighted by Crippen LogP contribution is 2.36. The summed E-state index contributed by atoms with van der Waals surface area (Å²) >= 11 is 0. The van der Waals surface area contributed by atoms with E-state index in [1.807, 2.05) is 0 Å². The maximum absolute atomic E-state index is 11.0. The van der Waals surface area contributed by atoms with Gasteiger partial charge in [0.2, 0.25) is 0 Å². The smallest absolute Gasteiger partial charge is 0.327 e. The van der Waals surface area contributed by atoms with Gasteiger partial charge in [0.05, 0.1) is 11.8 Å². The van der Waals surface area contributed by atoms with Gasteiger partial charge in [-0.15, -0.1) is 0 Å². The van der Waals surface area contributed by atoms with E-state index in [0.29, 0.717) is 0 Å². The average molecular weight is 226 g/mol. The SMILES string of the molecule is C=CC(=O)O.O=C1OC(=O)C2CCCCC12. The van der Waals surface area contributed by atoms with Gasteiger partial charge in [-0.05, 0) is 12.8 Å². The zero-order valence-corrected chi connectivity index (χ0v) is 8.85. The fourth-order valence-corrected chi connectivity index (χ4v) is 1.95. The number of aliphatic carboxylic acids is 1. The second kappa shape index (κ2) is 5.44. The minimum atomic E-state index is -0.981. The molecule has 1 N–H and O–H groups in total. The first-order valence-electron chi connectivity index (χ1n) is 5.17. The molecule has 1 heterocycles. The standard InChI is InChI=1S/C8H10O3.C3H4O2/c9-7-5-3-1-2-4-6(5)8(10)11-7;1-2-3(4)5/h5-6H,1-4H2;2H,1H2,(H,4,5). The Morgan fingerprint density at radius 2 is 1.62 bits per heavy atom. The number of carboxylic acid groups (broad SMARTS) is 1.